The Bertz CT molecular complexity index is 1060. The molecule has 8 heteroatoms. The monoisotopic (exact) mass is 436 g/mol. The van der Waals surface area contributed by atoms with E-state index < -0.39 is 6.36 Å². The van der Waals surface area contributed by atoms with Crippen LogP contribution in [0, 0.1) is 12.3 Å². The van der Waals surface area contributed by atoms with Crippen LogP contribution in [0.1, 0.15) is 51.3 Å². The van der Waals surface area contributed by atoms with Crippen LogP contribution in [0.4, 0.5) is 13.2 Å². The van der Waals surface area contributed by atoms with Crippen molar-refractivity contribution in [3.8, 4) is 5.75 Å². The standard InChI is InChI=1S/C23H27F3N2O3/c1-5-19(29)21-18(11-22(3,4)12-20(21)30)27-9-8-15-13(2)28-17-7-6-14(10-16(15)17)31-23(24,25)26/h6-7,10,28-29H,5,8-9,11-12H2,1-4H3. The van der Waals surface area contributed by atoms with Gasteiger partial charge in [0.05, 0.1) is 5.57 Å². The average molecular weight is 436 g/mol. The number of hydrogen-bond donors (Lipinski definition) is 2. The Labute approximate surface area is 179 Å². The zero-order chi connectivity index (χ0) is 23.0. The van der Waals surface area contributed by atoms with Crippen molar-refractivity contribution in [2.45, 2.75) is 59.7 Å². The Morgan fingerprint density at radius 1 is 1.29 bits per heavy atom. The van der Waals surface area contributed by atoms with Crippen molar-refractivity contribution in [3.63, 3.8) is 0 Å². The molecule has 168 valence electrons. The van der Waals surface area contributed by atoms with Gasteiger partial charge in [-0.15, -0.1) is 13.2 Å². The van der Waals surface area contributed by atoms with Crippen molar-refractivity contribution >= 4 is 22.4 Å². The van der Waals surface area contributed by atoms with Gasteiger partial charge in [0, 0.05) is 41.7 Å². The number of fused-ring (bicyclic) bond motifs is 1. The summed E-state index contributed by atoms with van der Waals surface area (Å²) in [4.78, 5) is 20.4. The maximum Gasteiger partial charge on any atom is 0.573 e. The number of carbonyl (C=O) groups excluding carboxylic acids is 1. The molecule has 0 unspecified atom stereocenters. The number of nitrogens with zero attached hydrogens (tertiary/aromatic N) is 1. The number of rotatable bonds is 5. The molecule has 0 radical (unpaired) electrons. The first-order valence-corrected chi connectivity index (χ1v) is 10.3. The molecule has 5 nitrogen and oxygen atoms in total. The molecule has 0 amide bonds. The van der Waals surface area contributed by atoms with Crippen molar-refractivity contribution < 1.29 is 27.8 Å². The molecule has 1 fully saturated rings. The van der Waals surface area contributed by atoms with E-state index in [9.17, 15) is 23.1 Å². The topological polar surface area (TPSA) is 74.7 Å². The van der Waals surface area contributed by atoms with E-state index in [-0.39, 0.29) is 22.7 Å². The number of carbonyl (C=O) groups is 1. The molecule has 1 aromatic carbocycles. The number of alkyl halides is 3. The van der Waals surface area contributed by atoms with E-state index in [1.807, 2.05) is 20.8 Å². The third-order valence-electron chi connectivity index (χ3n) is 5.47. The summed E-state index contributed by atoms with van der Waals surface area (Å²) < 4.78 is 41.8. The molecule has 3 rings (SSSR count). The Morgan fingerprint density at radius 3 is 2.65 bits per heavy atom. The van der Waals surface area contributed by atoms with Gasteiger partial charge in [-0.2, -0.15) is 0 Å². The van der Waals surface area contributed by atoms with Gasteiger partial charge in [0.25, 0.3) is 0 Å². The lowest BCUT2D eigenvalue weighted by atomic mass is 9.73. The quantitative estimate of drug-likeness (QED) is 0.448. The van der Waals surface area contributed by atoms with Gasteiger partial charge in [0.15, 0.2) is 5.78 Å². The molecule has 31 heavy (non-hydrogen) atoms. The predicted octanol–water partition coefficient (Wildman–Crippen LogP) is 5.97. The third kappa shape index (κ3) is 5.29. The highest BCUT2D eigenvalue weighted by Crippen LogP contribution is 2.36. The van der Waals surface area contributed by atoms with E-state index in [0.717, 1.165) is 11.3 Å². The Kier molecular flexibility index (Phi) is 6.21. The molecule has 1 heterocycles. The molecule has 0 bridgehead atoms. The lowest BCUT2D eigenvalue weighted by Gasteiger charge is -2.31. The van der Waals surface area contributed by atoms with Crippen LogP contribution in [-0.4, -0.2) is 34.5 Å². The smallest absolute Gasteiger partial charge is 0.512 e. The summed E-state index contributed by atoms with van der Waals surface area (Å²) in [6.07, 6.45) is -3.00. The number of ketones is 1. The van der Waals surface area contributed by atoms with Gasteiger partial charge in [-0.3, -0.25) is 9.79 Å². The Hall–Kier alpha value is -2.77. The van der Waals surface area contributed by atoms with Crippen LogP contribution in [0.3, 0.4) is 0 Å². The van der Waals surface area contributed by atoms with Crippen LogP contribution in [0.5, 0.6) is 5.75 Å². The summed E-state index contributed by atoms with van der Waals surface area (Å²) in [6.45, 7) is 7.97. The van der Waals surface area contributed by atoms with Gasteiger partial charge in [-0.1, -0.05) is 20.8 Å². The number of allylic oxidation sites excluding steroid dienone is 2. The molecule has 1 aromatic heterocycles. The zero-order valence-electron chi connectivity index (χ0n) is 18.1. The maximum absolute atomic E-state index is 12.6. The van der Waals surface area contributed by atoms with Gasteiger partial charge in [0.2, 0.25) is 0 Å². The van der Waals surface area contributed by atoms with Crippen LogP contribution >= 0.6 is 0 Å². The number of ether oxygens (including phenoxy) is 1. The highest BCUT2D eigenvalue weighted by Gasteiger charge is 2.36. The number of aliphatic hydroxyl groups excluding tert-OH is 1. The summed E-state index contributed by atoms with van der Waals surface area (Å²) in [5.74, 6) is -0.327. The van der Waals surface area contributed by atoms with Crippen molar-refractivity contribution in [2.24, 2.45) is 10.4 Å². The van der Waals surface area contributed by atoms with E-state index in [1.165, 1.54) is 12.1 Å². The van der Waals surface area contributed by atoms with E-state index >= 15 is 0 Å². The maximum atomic E-state index is 12.6. The van der Waals surface area contributed by atoms with E-state index in [1.54, 1.807) is 13.0 Å². The summed E-state index contributed by atoms with van der Waals surface area (Å²) >= 11 is 0. The lowest BCUT2D eigenvalue weighted by Crippen LogP contribution is -2.32. The van der Waals surface area contributed by atoms with Crippen molar-refractivity contribution in [1.29, 1.82) is 0 Å². The largest absolute Gasteiger partial charge is 0.573 e. The molecule has 0 saturated heterocycles. The molecule has 1 saturated carbocycles. The number of aromatic amines is 1. The molecule has 1 aliphatic rings. The molecule has 0 aliphatic heterocycles. The van der Waals surface area contributed by atoms with Gasteiger partial charge in [-0.05, 0) is 48.9 Å². The number of aromatic nitrogens is 1. The van der Waals surface area contributed by atoms with E-state index in [4.69, 9.17) is 0 Å². The normalized spacial score (nSPS) is 19.8. The highest BCUT2D eigenvalue weighted by molar-refractivity contribution is 6.24. The van der Waals surface area contributed by atoms with Gasteiger partial charge in [0.1, 0.15) is 11.5 Å². The first kappa shape index (κ1) is 22.9. The minimum atomic E-state index is -4.75. The SMILES string of the molecule is CCC(O)=C1C(=O)CC(C)(C)CC1=NCCc1c(C)[nH]c2ccc(OC(F)(F)F)cc12. The lowest BCUT2D eigenvalue weighted by molar-refractivity contribution is -0.274. The number of aliphatic hydroxyl groups is 1. The number of Topliss-reactive ketones (excluding diaryl/α,β-unsaturated/α-hetero) is 1. The highest BCUT2D eigenvalue weighted by atomic mass is 19.4. The van der Waals surface area contributed by atoms with Gasteiger partial charge >= 0.3 is 6.36 Å². The summed E-state index contributed by atoms with van der Waals surface area (Å²) in [5, 5.41) is 10.9. The number of nitrogens with one attached hydrogen (secondary N) is 1. The summed E-state index contributed by atoms with van der Waals surface area (Å²) in [6, 6.07) is 4.20. The second kappa shape index (κ2) is 8.40. The molecule has 1 aliphatic carbocycles. The van der Waals surface area contributed by atoms with Crippen molar-refractivity contribution in [2.75, 3.05) is 6.54 Å². The van der Waals surface area contributed by atoms with Crippen LogP contribution in [0.2, 0.25) is 0 Å². The number of aliphatic imine (C=N–C) groups is 1. The first-order valence-electron chi connectivity index (χ1n) is 10.3. The van der Waals surface area contributed by atoms with E-state index in [2.05, 4.69) is 14.7 Å². The second-order valence-corrected chi connectivity index (χ2v) is 8.68. The summed E-state index contributed by atoms with van der Waals surface area (Å²) in [7, 11) is 0. The van der Waals surface area contributed by atoms with Crippen LogP contribution in [-0.2, 0) is 11.2 Å². The van der Waals surface area contributed by atoms with Gasteiger partial charge < -0.3 is 14.8 Å². The Balaban J connectivity index is 1.88. The number of benzene rings is 1. The van der Waals surface area contributed by atoms with Crippen molar-refractivity contribution in [3.05, 3.63) is 40.8 Å². The Morgan fingerprint density at radius 2 is 2.00 bits per heavy atom. The fourth-order valence-corrected chi connectivity index (χ4v) is 4.11. The number of hydrogen-bond acceptors (Lipinski definition) is 4. The van der Waals surface area contributed by atoms with Crippen LogP contribution < -0.4 is 4.74 Å². The number of H-pyrrole nitrogens is 1. The van der Waals surface area contributed by atoms with Gasteiger partial charge in [-0.25, -0.2) is 0 Å². The number of halogens is 3. The van der Waals surface area contributed by atoms with Crippen LogP contribution in [0.25, 0.3) is 10.9 Å². The van der Waals surface area contributed by atoms with Crippen LogP contribution in [0.15, 0.2) is 34.5 Å². The second-order valence-electron chi connectivity index (χ2n) is 8.68. The molecule has 2 N–H and O–H groups in total. The predicted molar refractivity (Wildman–Crippen MR) is 114 cm³/mol. The summed E-state index contributed by atoms with van der Waals surface area (Å²) in [5.41, 5.74) is 3.07. The zero-order valence-corrected chi connectivity index (χ0v) is 18.1. The van der Waals surface area contributed by atoms with E-state index in [0.29, 0.717) is 54.4 Å². The average Bonchev–Trinajstić information content (AvgIpc) is 2.94. The minimum absolute atomic E-state index is 0.0523. The molecule has 0 atom stereocenters. The molecule has 0 spiro atoms. The molecular formula is C23H27F3N2O3. The third-order valence-corrected chi connectivity index (χ3v) is 5.47. The van der Waals surface area contributed by atoms with Crippen molar-refractivity contribution in [1.82, 2.24) is 4.98 Å². The fraction of sp³-hybridized carbons (Fsp3) is 0.478. The molecular weight excluding hydrogens is 409 g/mol. The fourth-order valence-electron chi connectivity index (χ4n) is 4.11. The molecule has 2 aromatic rings. The minimum Gasteiger partial charge on any atom is -0.512 e. The first-order chi connectivity index (χ1) is 14.4. The number of aryl methyl sites for hydroxylation is 1.